The topological polar surface area (TPSA) is 283 Å². The molecule has 1 fully saturated rings. The summed E-state index contributed by atoms with van der Waals surface area (Å²) in [7, 11) is 0. The van der Waals surface area contributed by atoms with Gasteiger partial charge in [0, 0.05) is 31.7 Å². The van der Waals surface area contributed by atoms with Gasteiger partial charge in [0.2, 0.25) is 29.5 Å². The van der Waals surface area contributed by atoms with Gasteiger partial charge in [0.25, 0.3) is 5.91 Å². The van der Waals surface area contributed by atoms with Crippen molar-refractivity contribution < 1.29 is 43.5 Å². The molecule has 3 aromatic rings. The number of nitrogens with one attached hydrogen (secondary N) is 7. The average Bonchev–Trinajstić information content (AvgIpc) is 3.80. The summed E-state index contributed by atoms with van der Waals surface area (Å²) in [6, 6.07) is 12.5. The molecular weight excluding hydrogens is 849 g/mol. The van der Waals surface area contributed by atoms with Crippen molar-refractivity contribution in [2.75, 3.05) is 19.6 Å². The Morgan fingerprint density at radius 1 is 0.818 bits per heavy atom. The Hall–Kier alpha value is -6.89. The maximum absolute atomic E-state index is 14.3. The maximum atomic E-state index is 14.3. The zero-order valence-corrected chi connectivity index (χ0v) is 38.0. The van der Waals surface area contributed by atoms with Crippen molar-refractivity contribution in [1.29, 1.82) is 0 Å². The van der Waals surface area contributed by atoms with Gasteiger partial charge in [-0.1, -0.05) is 81.4 Å². The van der Waals surface area contributed by atoms with Crippen LogP contribution in [0.2, 0.25) is 0 Å². The maximum Gasteiger partial charge on any atom is 0.315 e. The highest BCUT2D eigenvalue weighted by atomic mass is 16.3. The number of likely N-dealkylation sites (tertiary alicyclic amines) is 1. The highest BCUT2D eigenvalue weighted by molar-refractivity contribution is 5.99. The summed E-state index contributed by atoms with van der Waals surface area (Å²) in [5.41, 5.74) is 6.30. The van der Waals surface area contributed by atoms with E-state index in [1.807, 2.05) is 51.1 Å². The van der Waals surface area contributed by atoms with E-state index >= 15 is 0 Å². The van der Waals surface area contributed by atoms with Crippen molar-refractivity contribution in [3.8, 4) is 5.75 Å². The number of aromatic nitrogens is 1. The second kappa shape index (κ2) is 26.2. The molecule has 19 nitrogen and oxygen atoms in total. The molecule has 0 radical (unpaired) electrons. The molecule has 8 amide bonds. The molecule has 1 saturated heterocycles. The lowest BCUT2D eigenvalue weighted by atomic mass is 10.0. The molecule has 0 saturated carbocycles. The van der Waals surface area contributed by atoms with E-state index < -0.39 is 95.7 Å². The number of aromatic hydroxyl groups is 1. The van der Waals surface area contributed by atoms with Gasteiger partial charge in [-0.3, -0.25) is 28.8 Å². The van der Waals surface area contributed by atoms with Crippen LogP contribution in [0.15, 0.2) is 79.0 Å². The van der Waals surface area contributed by atoms with E-state index in [0.717, 1.165) is 12.0 Å². The number of rotatable bonds is 24. The quantitative estimate of drug-likeness (QED) is 0.0581. The molecular formula is C47H64N10O9. The Labute approximate surface area is 385 Å². The van der Waals surface area contributed by atoms with Crippen LogP contribution in [0.3, 0.4) is 0 Å². The van der Waals surface area contributed by atoms with Crippen LogP contribution >= 0.6 is 0 Å². The molecule has 0 bridgehead atoms. The lowest BCUT2D eigenvalue weighted by molar-refractivity contribution is -0.140. The number of pyridine rings is 1. The van der Waals surface area contributed by atoms with Crippen LogP contribution in [0.5, 0.6) is 5.75 Å². The Kier molecular flexibility index (Phi) is 20.5. The second-order valence-electron chi connectivity index (χ2n) is 16.7. The summed E-state index contributed by atoms with van der Waals surface area (Å²) in [6.07, 6.45) is 4.31. The molecule has 19 heteroatoms. The molecule has 1 aliphatic rings. The SMILES string of the molecule is CCC(NC(=O)C(CNC(=O)C(NC(=O)C1CCCN1C(=O)C(Cc1ccccc1)NC(=O)NC(C)CC(C)C)c1ccccc1)NC(=O)c1ncccc1O)C(=O)NC(C=O)CCCN. The predicted octanol–water partition coefficient (Wildman–Crippen LogP) is 1.51. The van der Waals surface area contributed by atoms with Crippen LogP contribution in [0.4, 0.5) is 4.79 Å². The third-order valence-corrected chi connectivity index (χ3v) is 11.0. The van der Waals surface area contributed by atoms with Gasteiger partial charge in [-0.15, -0.1) is 0 Å². The second-order valence-corrected chi connectivity index (χ2v) is 16.7. The standard InChI is InChI=1S/C47H64N10O9/c1-5-34(41(60)52-33(28-58)19-12-22-48)53-42(61)36(54-45(64)40-38(59)21-13-23-49-40)27-50-44(63)39(32-17-10-7-11-18-32)56-43(62)37-20-14-24-57(37)46(65)35(26-31-15-8-6-9-16-31)55-47(66)51-30(4)25-29(2)3/h6-11,13,15-18,21,23,28-30,33-37,39,59H,5,12,14,19-20,22,24-27,48H2,1-4H3,(H,50,63)(H,52,60)(H,53,61)(H,54,64)(H,56,62)(H2,51,55,66). The van der Waals surface area contributed by atoms with E-state index in [9.17, 15) is 43.5 Å². The first kappa shape index (κ1) is 51.7. The molecule has 10 N–H and O–H groups in total. The van der Waals surface area contributed by atoms with Crippen molar-refractivity contribution in [1.82, 2.24) is 47.1 Å². The van der Waals surface area contributed by atoms with E-state index in [4.69, 9.17) is 5.73 Å². The number of benzene rings is 2. The van der Waals surface area contributed by atoms with Crippen LogP contribution in [0.25, 0.3) is 0 Å². The van der Waals surface area contributed by atoms with Crippen molar-refractivity contribution in [2.24, 2.45) is 11.7 Å². The van der Waals surface area contributed by atoms with E-state index in [0.29, 0.717) is 37.2 Å². The van der Waals surface area contributed by atoms with Crippen molar-refractivity contribution >= 4 is 47.8 Å². The highest BCUT2D eigenvalue weighted by Gasteiger charge is 2.40. The number of carbonyl (C=O) groups excluding carboxylic acids is 8. The first-order valence-corrected chi connectivity index (χ1v) is 22.4. The minimum absolute atomic E-state index is 0.0880. The smallest absolute Gasteiger partial charge is 0.315 e. The fourth-order valence-electron chi connectivity index (χ4n) is 7.66. The number of hydrogen-bond donors (Lipinski definition) is 9. The van der Waals surface area contributed by atoms with Gasteiger partial charge in [-0.25, -0.2) is 9.78 Å². The Morgan fingerprint density at radius 2 is 1.50 bits per heavy atom. The van der Waals surface area contributed by atoms with Gasteiger partial charge in [0.05, 0.1) is 6.04 Å². The van der Waals surface area contributed by atoms with Crippen molar-refractivity contribution in [3.63, 3.8) is 0 Å². The highest BCUT2D eigenvalue weighted by Crippen LogP contribution is 2.22. The minimum Gasteiger partial charge on any atom is -0.505 e. The zero-order chi connectivity index (χ0) is 48.2. The summed E-state index contributed by atoms with van der Waals surface area (Å²) in [5.74, 6) is -4.56. The van der Waals surface area contributed by atoms with Crippen LogP contribution in [0.1, 0.15) is 93.9 Å². The van der Waals surface area contributed by atoms with Crippen LogP contribution in [-0.4, -0.2) is 119 Å². The predicted molar refractivity (Wildman–Crippen MR) is 245 cm³/mol. The first-order chi connectivity index (χ1) is 31.6. The fraction of sp³-hybridized carbons (Fsp3) is 0.468. The van der Waals surface area contributed by atoms with E-state index in [1.165, 1.54) is 23.2 Å². The number of urea groups is 1. The van der Waals surface area contributed by atoms with E-state index in [-0.39, 0.29) is 38.3 Å². The molecule has 1 aromatic heterocycles. The first-order valence-electron chi connectivity index (χ1n) is 22.4. The third-order valence-electron chi connectivity index (χ3n) is 11.0. The molecule has 0 spiro atoms. The van der Waals surface area contributed by atoms with Crippen molar-refractivity contribution in [2.45, 2.75) is 115 Å². The summed E-state index contributed by atoms with van der Waals surface area (Å²) in [5, 5.41) is 29.1. The van der Waals surface area contributed by atoms with Crippen molar-refractivity contribution in [3.05, 3.63) is 95.8 Å². The van der Waals surface area contributed by atoms with E-state index in [2.05, 4.69) is 42.2 Å². The number of nitrogens with two attached hydrogens (primary N) is 1. The number of carbonyl (C=O) groups is 8. The Balaban J connectivity index is 1.55. The van der Waals surface area contributed by atoms with Gasteiger partial charge in [0.15, 0.2) is 5.69 Å². The molecule has 66 heavy (non-hydrogen) atoms. The van der Waals surface area contributed by atoms with Gasteiger partial charge in [-0.2, -0.15) is 0 Å². The molecule has 1 aliphatic heterocycles. The lowest BCUT2D eigenvalue weighted by Crippen LogP contribution is -2.58. The number of amides is 8. The normalized spacial score (nSPS) is 16.0. The van der Waals surface area contributed by atoms with Crippen LogP contribution in [-0.2, 0) is 35.2 Å². The monoisotopic (exact) mass is 912 g/mol. The van der Waals surface area contributed by atoms with Gasteiger partial charge >= 0.3 is 6.03 Å². The molecule has 0 aliphatic carbocycles. The van der Waals surface area contributed by atoms with Gasteiger partial charge < -0.3 is 57.8 Å². The summed E-state index contributed by atoms with van der Waals surface area (Å²) >= 11 is 0. The molecule has 356 valence electrons. The van der Waals surface area contributed by atoms with E-state index in [1.54, 1.807) is 37.3 Å². The zero-order valence-electron chi connectivity index (χ0n) is 38.0. The molecule has 4 rings (SSSR count). The Morgan fingerprint density at radius 3 is 2.14 bits per heavy atom. The van der Waals surface area contributed by atoms with Gasteiger partial charge in [0.1, 0.15) is 42.2 Å². The van der Waals surface area contributed by atoms with Gasteiger partial charge in [-0.05, 0) is 81.2 Å². The molecule has 7 unspecified atom stereocenters. The number of aldehydes is 1. The molecule has 7 atom stereocenters. The third kappa shape index (κ3) is 15.7. The number of hydrogen-bond acceptors (Lipinski definition) is 11. The summed E-state index contributed by atoms with van der Waals surface area (Å²) in [6.45, 7) is 7.55. The summed E-state index contributed by atoms with van der Waals surface area (Å²) in [4.78, 5) is 113. The average molecular weight is 913 g/mol. The largest absolute Gasteiger partial charge is 0.505 e. The lowest BCUT2D eigenvalue weighted by Gasteiger charge is -2.30. The Bertz CT molecular complexity index is 2110. The van der Waals surface area contributed by atoms with Crippen LogP contribution < -0.4 is 43.0 Å². The summed E-state index contributed by atoms with van der Waals surface area (Å²) < 4.78 is 0. The van der Waals surface area contributed by atoms with Crippen LogP contribution in [0, 0.1) is 5.92 Å². The molecule has 2 aromatic carbocycles. The minimum atomic E-state index is -1.56. The fourth-order valence-corrected chi connectivity index (χ4v) is 7.66. The number of nitrogens with zero attached hydrogens (tertiary/aromatic N) is 2. The molecule has 2 heterocycles.